The first-order valence-electron chi connectivity index (χ1n) is 11.5. The second-order valence-corrected chi connectivity index (χ2v) is 15.3. The summed E-state index contributed by atoms with van der Waals surface area (Å²) in [6.45, 7) is 14.1. The Bertz CT molecular complexity index is 1510. The van der Waals surface area contributed by atoms with Gasteiger partial charge in [0.05, 0.1) is 19.0 Å². The first-order valence-corrected chi connectivity index (χ1v) is 14.6. The molecule has 2 aromatic heterocycles. The van der Waals surface area contributed by atoms with Gasteiger partial charge in [0.1, 0.15) is 18.2 Å². The van der Waals surface area contributed by atoms with Gasteiger partial charge in [0.2, 0.25) is 5.69 Å². The second-order valence-electron chi connectivity index (χ2n) is 10.1. The Kier molecular flexibility index (Phi) is 4.79. The van der Waals surface area contributed by atoms with Crippen molar-refractivity contribution in [2.45, 2.75) is 46.3 Å². The Labute approximate surface area is 191 Å². The lowest BCUT2D eigenvalue weighted by atomic mass is 9.94. The average molecular weight is 439 g/mol. The lowest BCUT2D eigenvalue weighted by molar-refractivity contribution is -0.659. The Morgan fingerprint density at radius 3 is 2.38 bits per heavy atom. The summed E-state index contributed by atoms with van der Waals surface area (Å²) in [7, 11) is 0.649. The topological polar surface area (TPSA) is 17.0 Å². The van der Waals surface area contributed by atoms with Crippen LogP contribution in [-0.4, -0.2) is 8.07 Å². The van der Waals surface area contributed by atoms with Crippen LogP contribution in [-0.2, 0) is 7.05 Å². The van der Waals surface area contributed by atoms with Gasteiger partial charge in [0.25, 0.3) is 0 Å². The highest BCUT2D eigenvalue weighted by molar-refractivity contribution is 6.91. The highest BCUT2D eigenvalue weighted by atomic mass is 28.3. The van der Waals surface area contributed by atoms with Crippen molar-refractivity contribution in [1.82, 2.24) is 0 Å². The molecule has 0 amide bonds. The zero-order valence-electron chi connectivity index (χ0n) is 20.2. The summed E-state index contributed by atoms with van der Waals surface area (Å²) in [5.41, 5.74) is 7.64. The molecule has 0 aliphatic rings. The lowest BCUT2D eigenvalue weighted by Gasteiger charge is -2.27. The Balaban J connectivity index is 1.87. The van der Waals surface area contributed by atoms with E-state index in [0.29, 0.717) is 5.54 Å². The largest absolute Gasteiger partial charge is 0.455 e. The maximum Gasteiger partial charge on any atom is 0.224 e. The predicted octanol–water partition coefficient (Wildman–Crippen LogP) is 7.17. The summed E-state index contributed by atoms with van der Waals surface area (Å²) in [5.74, 6) is 0. The lowest BCUT2D eigenvalue weighted by Crippen LogP contribution is -2.44. The fourth-order valence-corrected chi connectivity index (χ4v) is 6.50. The number of benzene rings is 3. The van der Waals surface area contributed by atoms with E-state index in [2.05, 4.69) is 107 Å². The van der Waals surface area contributed by atoms with E-state index in [4.69, 9.17) is 4.42 Å². The number of aromatic nitrogens is 1. The minimum Gasteiger partial charge on any atom is -0.455 e. The van der Waals surface area contributed by atoms with Crippen LogP contribution in [0.2, 0.25) is 18.6 Å². The number of pyridine rings is 1. The summed E-state index contributed by atoms with van der Waals surface area (Å²) in [6.07, 6.45) is 2.20. The van der Waals surface area contributed by atoms with Gasteiger partial charge in [-0.15, -0.1) is 0 Å². The Hall–Kier alpha value is -2.91. The van der Waals surface area contributed by atoms with Gasteiger partial charge in [-0.1, -0.05) is 62.5 Å². The van der Waals surface area contributed by atoms with Crippen LogP contribution in [0.15, 0.2) is 65.2 Å². The van der Waals surface area contributed by atoms with Crippen LogP contribution in [0.1, 0.15) is 25.0 Å². The smallest absolute Gasteiger partial charge is 0.224 e. The molecule has 0 aliphatic heterocycles. The van der Waals surface area contributed by atoms with E-state index in [1.165, 1.54) is 49.1 Å². The minimum absolute atomic E-state index is 0.702. The first kappa shape index (κ1) is 21.0. The summed E-state index contributed by atoms with van der Waals surface area (Å²) in [4.78, 5) is 0. The van der Waals surface area contributed by atoms with Gasteiger partial charge in [-0.25, -0.2) is 4.57 Å². The Morgan fingerprint density at radius 2 is 1.62 bits per heavy atom. The van der Waals surface area contributed by atoms with Crippen molar-refractivity contribution < 1.29 is 8.98 Å². The third kappa shape index (κ3) is 3.02. The second kappa shape index (κ2) is 7.31. The normalized spacial score (nSPS) is 12.5. The van der Waals surface area contributed by atoms with Gasteiger partial charge in [-0.3, -0.25) is 0 Å². The van der Waals surface area contributed by atoms with Crippen molar-refractivity contribution in [3.8, 4) is 11.3 Å². The summed E-state index contributed by atoms with van der Waals surface area (Å²) in [5, 5.41) is 6.49. The molecular formula is C29H32NOSi+. The van der Waals surface area contributed by atoms with Crippen molar-refractivity contribution >= 4 is 46.0 Å². The van der Waals surface area contributed by atoms with Crippen molar-refractivity contribution in [3.05, 3.63) is 71.9 Å². The van der Waals surface area contributed by atoms with Gasteiger partial charge in [-0.05, 0) is 54.1 Å². The number of nitrogens with zero attached hydrogens (tertiary/aromatic N) is 1. The van der Waals surface area contributed by atoms with E-state index in [-0.39, 0.29) is 0 Å². The molecule has 0 N–H and O–H groups in total. The van der Waals surface area contributed by atoms with Crippen molar-refractivity contribution in [1.29, 1.82) is 0 Å². The zero-order valence-corrected chi connectivity index (χ0v) is 21.2. The third-order valence-corrected chi connectivity index (χ3v) is 12.4. The monoisotopic (exact) mass is 438 g/mol. The van der Waals surface area contributed by atoms with E-state index in [9.17, 15) is 0 Å². The number of fused-ring (bicyclic) bond motifs is 4. The molecular weight excluding hydrogens is 406 g/mol. The highest BCUT2D eigenvalue weighted by Gasteiger charge is 2.29. The SMILES string of the molecule is Cc1cc2c(oc3ccccc32)c(-c2c3ccc([Si](C)(C)C(C)C)cc3cc[n+]2C)c1C. The average Bonchev–Trinajstić information content (AvgIpc) is 3.13. The van der Waals surface area contributed by atoms with E-state index in [1.54, 1.807) is 0 Å². The molecule has 5 aromatic rings. The molecule has 2 heterocycles. The van der Waals surface area contributed by atoms with Gasteiger partial charge >= 0.3 is 0 Å². The number of hydrogen-bond donors (Lipinski definition) is 0. The quantitative estimate of drug-likeness (QED) is 0.215. The molecule has 0 unspecified atom stereocenters. The van der Waals surface area contributed by atoms with Gasteiger partial charge in [0, 0.05) is 16.8 Å². The number of para-hydroxylation sites is 1. The van der Waals surface area contributed by atoms with Gasteiger partial charge in [-0.2, -0.15) is 0 Å². The van der Waals surface area contributed by atoms with Crippen molar-refractivity contribution in [3.63, 3.8) is 0 Å². The van der Waals surface area contributed by atoms with E-state index in [1.807, 2.05) is 6.07 Å². The summed E-state index contributed by atoms with van der Waals surface area (Å²) >= 11 is 0. The van der Waals surface area contributed by atoms with Crippen LogP contribution >= 0.6 is 0 Å². The molecule has 3 aromatic carbocycles. The molecule has 2 nitrogen and oxygen atoms in total. The minimum atomic E-state index is -1.50. The number of hydrogen-bond acceptors (Lipinski definition) is 1. The summed E-state index contributed by atoms with van der Waals surface area (Å²) in [6, 6.07) is 20.0. The molecule has 0 radical (unpaired) electrons. The molecule has 32 heavy (non-hydrogen) atoms. The van der Waals surface area contributed by atoms with Crippen molar-refractivity contribution in [2.24, 2.45) is 7.05 Å². The molecule has 0 spiro atoms. The maximum absolute atomic E-state index is 6.48. The molecule has 0 saturated carbocycles. The first-order chi connectivity index (χ1) is 15.2. The molecule has 0 atom stereocenters. The zero-order chi connectivity index (χ0) is 22.8. The van der Waals surface area contributed by atoms with Gasteiger partial charge in [0.15, 0.2) is 6.20 Å². The van der Waals surface area contributed by atoms with Crippen LogP contribution in [0.3, 0.4) is 0 Å². The maximum atomic E-state index is 6.48. The molecule has 162 valence electrons. The predicted molar refractivity (Wildman–Crippen MR) is 140 cm³/mol. The fraction of sp³-hybridized carbons (Fsp3) is 0.276. The van der Waals surface area contributed by atoms with Crippen LogP contribution in [0.5, 0.6) is 0 Å². The number of furan rings is 1. The third-order valence-electron chi connectivity index (χ3n) is 7.75. The number of rotatable bonds is 3. The van der Waals surface area contributed by atoms with E-state index in [0.717, 1.165) is 11.2 Å². The highest BCUT2D eigenvalue weighted by Crippen LogP contribution is 2.40. The van der Waals surface area contributed by atoms with Crippen molar-refractivity contribution in [2.75, 3.05) is 0 Å². The molecule has 0 saturated heterocycles. The summed E-state index contributed by atoms with van der Waals surface area (Å²) < 4.78 is 8.73. The Morgan fingerprint density at radius 1 is 0.875 bits per heavy atom. The van der Waals surface area contributed by atoms with E-state index >= 15 is 0 Å². The molecule has 3 heteroatoms. The fourth-order valence-electron chi connectivity index (χ4n) is 4.79. The molecule has 0 aliphatic carbocycles. The standard InChI is InChI=1S/C29H32NOSi/c1-18(2)32(6,7)22-12-13-23-21(17-22)14-15-30(5)28(23)27-20(4)19(3)16-25-24-10-8-9-11-26(24)31-29(25)27/h8-18H,1-7H3/q+1. The molecule has 5 rings (SSSR count). The van der Waals surface area contributed by atoms with Gasteiger partial charge < -0.3 is 4.42 Å². The van der Waals surface area contributed by atoms with Crippen LogP contribution in [0, 0.1) is 13.8 Å². The van der Waals surface area contributed by atoms with E-state index < -0.39 is 8.07 Å². The molecule has 0 bridgehead atoms. The molecule has 0 fully saturated rings. The van der Waals surface area contributed by atoms with Crippen LogP contribution in [0.25, 0.3) is 44.0 Å². The van der Waals surface area contributed by atoms with Crippen LogP contribution < -0.4 is 9.75 Å². The van der Waals surface area contributed by atoms with Crippen LogP contribution in [0.4, 0.5) is 0 Å². The number of aryl methyl sites for hydroxylation is 2.